The van der Waals surface area contributed by atoms with Crippen LogP contribution in [0.3, 0.4) is 0 Å². The van der Waals surface area contributed by atoms with Crippen LogP contribution in [0.2, 0.25) is 0 Å². The number of amides is 1. The number of rotatable bonds is 6. The molecule has 3 rings (SSSR count). The highest BCUT2D eigenvalue weighted by molar-refractivity contribution is 7.13. The minimum absolute atomic E-state index is 0.0491. The van der Waals surface area contributed by atoms with Crippen molar-refractivity contribution < 1.29 is 4.79 Å². The third-order valence-corrected chi connectivity index (χ3v) is 4.16. The summed E-state index contributed by atoms with van der Waals surface area (Å²) in [6.07, 6.45) is 3.43. The van der Waals surface area contributed by atoms with Crippen molar-refractivity contribution in [2.24, 2.45) is 0 Å². The first-order valence-corrected chi connectivity index (χ1v) is 7.93. The number of carbonyl (C=O) groups is 1. The summed E-state index contributed by atoms with van der Waals surface area (Å²) in [5, 5.41) is 13.5. The summed E-state index contributed by atoms with van der Waals surface area (Å²) in [5.74, 6) is -0.0491. The average Bonchev–Trinajstić information content (AvgIpc) is 3.21. The Bertz CT molecular complexity index is 730. The lowest BCUT2D eigenvalue weighted by Gasteiger charge is -2.07. The smallest absolute Gasteiger partial charge is 0.241 e. The van der Waals surface area contributed by atoms with Crippen molar-refractivity contribution in [3.63, 3.8) is 0 Å². The summed E-state index contributed by atoms with van der Waals surface area (Å²) in [5.41, 5.74) is 2.07. The molecular weight excluding hydrogens is 298 g/mol. The van der Waals surface area contributed by atoms with E-state index >= 15 is 0 Å². The standard InChI is InChI=1S/C15H17N5OS/c1-12-10-13(14-4-2-9-22-14)18-20(12)8-6-16-15(21)11-19-7-3-5-17-19/h2-5,7,9-10H,6,8,11H2,1H3,(H,16,21). The number of aryl methyl sites for hydroxylation is 1. The summed E-state index contributed by atoms with van der Waals surface area (Å²) in [4.78, 5) is 12.9. The second-order valence-corrected chi connectivity index (χ2v) is 5.87. The molecule has 0 unspecified atom stereocenters. The molecule has 0 aliphatic rings. The summed E-state index contributed by atoms with van der Waals surface area (Å²) in [6, 6.07) is 7.94. The minimum Gasteiger partial charge on any atom is -0.353 e. The topological polar surface area (TPSA) is 64.7 Å². The molecule has 3 aromatic rings. The van der Waals surface area contributed by atoms with Crippen LogP contribution in [-0.4, -0.2) is 32.0 Å². The molecule has 0 fully saturated rings. The molecule has 0 atom stereocenters. The van der Waals surface area contributed by atoms with Gasteiger partial charge in [0.1, 0.15) is 12.2 Å². The summed E-state index contributed by atoms with van der Waals surface area (Å²) < 4.78 is 3.52. The molecule has 0 aliphatic heterocycles. The van der Waals surface area contributed by atoms with Gasteiger partial charge in [-0.2, -0.15) is 10.2 Å². The van der Waals surface area contributed by atoms with E-state index in [4.69, 9.17) is 0 Å². The molecule has 0 aliphatic carbocycles. The Morgan fingerprint density at radius 2 is 2.32 bits per heavy atom. The van der Waals surface area contributed by atoms with E-state index in [1.165, 1.54) is 0 Å². The van der Waals surface area contributed by atoms with Crippen LogP contribution < -0.4 is 5.32 Å². The predicted molar refractivity (Wildman–Crippen MR) is 85.5 cm³/mol. The van der Waals surface area contributed by atoms with Crippen molar-refractivity contribution in [2.75, 3.05) is 6.54 Å². The average molecular weight is 315 g/mol. The van der Waals surface area contributed by atoms with Crippen LogP contribution in [-0.2, 0) is 17.9 Å². The largest absolute Gasteiger partial charge is 0.353 e. The third kappa shape index (κ3) is 3.43. The SMILES string of the molecule is Cc1cc(-c2cccs2)nn1CCNC(=O)Cn1cccn1. The maximum absolute atomic E-state index is 11.8. The predicted octanol–water partition coefficient (Wildman–Crippen LogP) is 1.93. The highest BCUT2D eigenvalue weighted by Crippen LogP contribution is 2.23. The zero-order valence-electron chi connectivity index (χ0n) is 12.3. The van der Waals surface area contributed by atoms with Gasteiger partial charge in [-0.1, -0.05) is 6.07 Å². The second kappa shape index (κ2) is 6.57. The van der Waals surface area contributed by atoms with E-state index in [1.54, 1.807) is 34.5 Å². The van der Waals surface area contributed by atoms with Gasteiger partial charge in [0, 0.05) is 24.6 Å². The second-order valence-electron chi connectivity index (χ2n) is 4.92. The van der Waals surface area contributed by atoms with Gasteiger partial charge in [-0.25, -0.2) is 0 Å². The molecule has 114 valence electrons. The zero-order valence-corrected chi connectivity index (χ0v) is 13.1. The first-order valence-electron chi connectivity index (χ1n) is 7.05. The fraction of sp³-hybridized carbons (Fsp3) is 0.267. The normalized spacial score (nSPS) is 10.8. The Labute approximate surface area is 132 Å². The summed E-state index contributed by atoms with van der Waals surface area (Å²) in [7, 11) is 0. The molecule has 3 aromatic heterocycles. The number of aromatic nitrogens is 4. The molecule has 0 spiro atoms. The molecule has 0 aromatic carbocycles. The Kier molecular flexibility index (Phi) is 4.34. The van der Waals surface area contributed by atoms with Crippen LogP contribution in [0.4, 0.5) is 0 Å². The van der Waals surface area contributed by atoms with E-state index in [0.717, 1.165) is 16.3 Å². The lowest BCUT2D eigenvalue weighted by Crippen LogP contribution is -2.31. The van der Waals surface area contributed by atoms with Gasteiger partial charge in [0.15, 0.2) is 0 Å². The van der Waals surface area contributed by atoms with Crippen molar-refractivity contribution in [3.8, 4) is 10.6 Å². The molecule has 22 heavy (non-hydrogen) atoms. The van der Waals surface area contributed by atoms with Crippen molar-refractivity contribution in [1.29, 1.82) is 0 Å². The Balaban J connectivity index is 1.52. The quantitative estimate of drug-likeness (QED) is 0.756. The van der Waals surface area contributed by atoms with Crippen LogP contribution in [0.25, 0.3) is 10.6 Å². The van der Waals surface area contributed by atoms with E-state index in [0.29, 0.717) is 13.1 Å². The van der Waals surface area contributed by atoms with E-state index in [-0.39, 0.29) is 12.5 Å². The molecule has 0 radical (unpaired) electrons. The summed E-state index contributed by atoms with van der Waals surface area (Å²) in [6.45, 7) is 3.47. The van der Waals surface area contributed by atoms with Gasteiger partial charge in [0.25, 0.3) is 0 Å². The molecule has 3 heterocycles. The maximum atomic E-state index is 11.8. The van der Waals surface area contributed by atoms with Crippen LogP contribution in [0, 0.1) is 6.92 Å². The van der Waals surface area contributed by atoms with Crippen molar-refractivity contribution in [1.82, 2.24) is 24.9 Å². The van der Waals surface area contributed by atoms with E-state index in [2.05, 4.69) is 27.6 Å². The van der Waals surface area contributed by atoms with Crippen molar-refractivity contribution >= 4 is 17.2 Å². The number of nitrogens with one attached hydrogen (secondary N) is 1. The number of carbonyl (C=O) groups excluding carboxylic acids is 1. The third-order valence-electron chi connectivity index (χ3n) is 3.27. The number of thiophene rings is 1. The monoisotopic (exact) mass is 315 g/mol. The maximum Gasteiger partial charge on any atom is 0.241 e. The molecule has 0 saturated heterocycles. The molecule has 7 heteroatoms. The molecule has 6 nitrogen and oxygen atoms in total. The fourth-order valence-electron chi connectivity index (χ4n) is 2.18. The Morgan fingerprint density at radius 1 is 1.41 bits per heavy atom. The van der Waals surface area contributed by atoms with Crippen LogP contribution in [0.15, 0.2) is 42.0 Å². The number of hydrogen-bond donors (Lipinski definition) is 1. The van der Waals surface area contributed by atoms with E-state index < -0.39 is 0 Å². The highest BCUT2D eigenvalue weighted by atomic mass is 32.1. The van der Waals surface area contributed by atoms with Crippen LogP contribution in [0.1, 0.15) is 5.69 Å². The fourth-order valence-corrected chi connectivity index (χ4v) is 2.86. The Hall–Kier alpha value is -2.41. The first kappa shape index (κ1) is 14.5. The molecule has 1 N–H and O–H groups in total. The van der Waals surface area contributed by atoms with Gasteiger partial charge < -0.3 is 5.32 Å². The van der Waals surface area contributed by atoms with Gasteiger partial charge in [0.05, 0.1) is 11.4 Å². The van der Waals surface area contributed by atoms with Crippen LogP contribution in [0.5, 0.6) is 0 Å². The van der Waals surface area contributed by atoms with Gasteiger partial charge in [-0.05, 0) is 30.5 Å². The van der Waals surface area contributed by atoms with Gasteiger partial charge in [-0.15, -0.1) is 11.3 Å². The minimum atomic E-state index is -0.0491. The number of nitrogens with zero attached hydrogens (tertiary/aromatic N) is 4. The van der Waals surface area contributed by atoms with Crippen molar-refractivity contribution in [2.45, 2.75) is 20.0 Å². The summed E-state index contributed by atoms with van der Waals surface area (Å²) >= 11 is 1.67. The van der Waals surface area contributed by atoms with E-state index in [9.17, 15) is 4.79 Å². The van der Waals surface area contributed by atoms with Crippen LogP contribution >= 0.6 is 11.3 Å². The molecular formula is C15H17N5OS. The van der Waals surface area contributed by atoms with Crippen molar-refractivity contribution in [3.05, 3.63) is 47.7 Å². The molecule has 0 bridgehead atoms. The first-order chi connectivity index (χ1) is 10.7. The Morgan fingerprint density at radius 3 is 3.05 bits per heavy atom. The molecule has 1 amide bonds. The lowest BCUT2D eigenvalue weighted by atomic mass is 10.3. The lowest BCUT2D eigenvalue weighted by molar-refractivity contribution is -0.121. The van der Waals surface area contributed by atoms with E-state index in [1.807, 2.05) is 23.1 Å². The highest BCUT2D eigenvalue weighted by Gasteiger charge is 2.08. The molecule has 0 saturated carbocycles. The van der Waals surface area contributed by atoms with Gasteiger partial charge in [-0.3, -0.25) is 14.2 Å². The number of hydrogen-bond acceptors (Lipinski definition) is 4. The van der Waals surface area contributed by atoms with Gasteiger partial charge >= 0.3 is 0 Å². The zero-order chi connectivity index (χ0) is 15.4. The van der Waals surface area contributed by atoms with Gasteiger partial charge in [0.2, 0.25) is 5.91 Å².